The number of fused-ring (bicyclic) bond motifs is 1. The summed E-state index contributed by atoms with van der Waals surface area (Å²) in [4.78, 5) is 4.13. The van der Waals surface area contributed by atoms with Crippen molar-refractivity contribution in [3.8, 4) is 11.5 Å². The number of aromatic nitrogens is 3. The Morgan fingerprint density at radius 3 is 3.14 bits per heavy atom. The number of aryl methyl sites for hydroxylation is 1. The van der Waals surface area contributed by atoms with Gasteiger partial charge in [-0.05, 0) is 25.1 Å². The molecule has 0 saturated carbocycles. The van der Waals surface area contributed by atoms with Crippen molar-refractivity contribution in [3.63, 3.8) is 0 Å². The van der Waals surface area contributed by atoms with E-state index in [0.717, 1.165) is 30.3 Å². The number of hydrogen-bond donors (Lipinski definition) is 1. The Hall–Kier alpha value is -2.08. The highest BCUT2D eigenvalue weighted by Gasteiger charge is 2.23. The first-order valence-electron chi connectivity index (χ1n) is 7.23. The van der Waals surface area contributed by atoms with Gasteiger partial charge in [0.1, 0.15) is 31.0 Å². The van der Waals surface area contributed by atoms with E-state index in [2.05, 4.69) is 28.4 Å². The monoisotopic (exact) mass is 288 g/mol. The van der Waals surface area contributed by atoms with Gasteiger partial charge in [0.15, 0.2) is 5.82 Å². The Morgan fingerprint density at radius 2 is 2.38 bits per heavy atom. The molecule has 0 fully saturated rings. The van der Waals surface area contributed by atoms with Crippen molar-refractivity contribution in [1.29, 1.82) is 0 Å². The molecule has 0 spiro atoms. The van der Waals surface area contributed by atoms with Crippen LogP contribution in [0.3, 0.4) is 0 Å². The van der Waals surface area contributed by atoms with Crippen LogP contribution in [-0.2, 0) is 13.7 Å². The van der Waals surface area contributed by atoms with Crippen LogP contribution in [0.1, 0.15) is 30.8 Å². The zero-order valence-electron chi connectivity index (χ0n) is 12.4. The fourth-order valence-corrected chi connectivity index (χ4v) is 2.37. The Bertz CT molecular complexity index is 611. The molecule has 3 rings (SSSR count). The largest absolute Gasteiger partial charge is 0.491 e. The second-order valence-electron chi connectivity index (χ2n) is 5.11. The number of ether oxygens (including phenoxy) is 2. The van der Waals surface area contributed by atoms with Gasteiger partial charge in [0.25, 0.3) is 0 Å². The lowest BCUT2D eigenvalue weighted by Gasteiger charge is -2.11. The van der Waals surface area contributed by atoms with E-state index in [1.807, 2.05) is 19.2 Å². The van der Waals surface area contributed by atoms with Crippen molar-refractivity contribution in [2.24, 2.45) is 7.05 Å². The molecule has 21 heavy (non-hydrogen) atoms. The van der Waals surface area contributed by atoms with E-state index in [9.17, 15) is 0 Å². The summed E-state index contributed by atoms with van der Waals surface area (Å²) in [6.45, 7) is 4.24. The molecule has 6 nitrogen and oxygen atoms in total. The lowest BCUT2D eigenvalue weighted by Crippen LogP contribution is -2.22. The molecule has 0 bridgehead atoms. The SMILES string of the molecule is CCCNC1COc2cc(OCc3ncnn3C)ccc21. The molecule has 0 radical (unpaired) electrons. The molecule has 0 aliphatic carbocycles. The number of nitrogens with one attached hydrogen (secondary N) is 1. The molecule has 1 aromatic carbocycles. The van der Waals surface area contributed by atoms with E-state index in [-0.39, 0.29) is 6.04 Å². The molecule has 1 aliphatic rings. The minimum absolute atomic E-state index is 0.285. The van der Waals surface area contributed by atoms with Crippen molar-refractivity contribution >= 4 is 0 Å². The smallest absolute Gasteiger partial charge is 0.164 e. The molecular weight excluding hydrogens is 268 g/mol. The highest BCUT2D eigenvalue weighted by atomic mass is 16.5. The van der Waals surface area contributed by atoms with Crippen LogP contribution < -0.4 is 14.8 Å². The van der Waals surface area contributed by atoms with Gasteiger partial charge >= 0.3 is 0 Å². The third-order valence-corrected chi connectivity index (χ3v) is 3.58. The van der Waals surface area contributed by atoms with E-state index in [4.69, 9.17) is 9.47 Å². The third-order valence-electron chi connectivity index (χ3n) is 3.58. The van der Waals surface area contributed by atoms with Crippen molar-refractivity contribution in [2.75, 3.05) is 13.2 Å². The number of rotatable bonds is 6. The molecule has 2 heterocycles. The fourth-order valence-electron chi connectivity index (χ4n) is 2.37. The van der Waals surface area contributed by atoms with Gasteiger partial charge in [-0.25, -0.2) is 4.98 Å². The topological polar surface area (TPSA) is 61.2 Å². The van der Waals surface area contributed by atoms with Crippen LogP contribution in [0, 0.1) is 0 Å². The fraction of sp³-hybridized carbons (Fsp3) is 0.467. The van der Waals surface area contributed by atoms with Crippen molar-refractivity contribution in [1.82, 2.24) is 20.1 Å². The molecule has 1 unspecified atom stereocenters. The van der Waals surface area contributed by atoms with Crippen LogP contribution in [0.4, 0.5) is 0 Å². The summed E-state index contributed by atoms with van der Waals surface area (Å²) in [5.74, 6) is 2.48. The summed E-state index contributed by atoms with van der Waals surface area (Å²) < 4.78 is 13.2. The highest BCUT2D eigenvalue weighted by Crippen LogP contribution is 2.35. The molecule has 112 valence electrons. The van der Waals surface area contributed by atoms with Crippen molar-refractivity contribution < 1.29 is 9.47 Å². The van der Waals surface area contributed by atoms with Gasteiger partial charge in [0.05, 0.1) is 6.04 Å². The second-order valence-corrected chi connectivity index (χ2v) is 5.11. The van der Waals surface area contributed by atoms with Crippen LogP contribution in [0.5, 0.6) is 11.5 Å². The van der Waals surface area contributed by atoms with E-state index >= 15 is 0 Å². The molecule has 6 heteroatoms. The molecule has 1 aliphatic heterocycles. The average molecular weight is 288 g/mol. The minimum atomic E-state index is 0.285. The third kappa shape index (κ3) is 3.00. The normalized spacial score (nSPS) is 16.6. The zero-order chi connectivity index (χ0) is 14.7. The Balaban J connectivity index is 1.65. The van der Waals surface area contributed by atoms with E-state index in [1.165, 1.54) is 11.9 Å². The standard InChI is InChI=1S/C15H20N4O2/c1-3-6-16-13-8-21-14-7-11(4-5-12(13)14)20-9-15-17-10-18-19(15)2/h4-5,7,10,13,16H,3,6,8-9H2,1-2H3. The molecular formula is C15H20N4O2. The lowest BCUT2D eigenvalue weighted by molar-refractivity contribution is 0.285. The van der Waals surface area contributed by atoms with Crippen LogP contribution in [-0.4, -0.2) is 27.9 Å². The number of nitrogens with zero attached hydrogens (tertiary/aromatic N) is 3. The van der Waals surface area contributed by atoms with Gasteiger partial charge in [0, 0.05) is 18.7 Å². The summed E-state index contributed by atoms with van der Waals surface area (Å²) in [5.41, 5.74) is 1.20. The summed E-state index contributed by atoms with van der Waals surface area (Å²) in [7, 11) is 1.85. The van der Waals surface area contributed by atoms with Crippen LogP contribution >= 0.6 is 0 Å². The molecule has 1 aromatic heterocycles. The molecule has 1 N–H and O–H groups in total. The van der Waals surface area contributed by atoms with Gasteiger partial charge in [-0.3, -0.25) is 4.68 Å². The van der Waals surface area contributed by atoms with E-state index in [0.29, 0.717) is 13.2 Å². The van der Waals surface area contributed by atoms with Crippen molar-refractivity contribution in [2.45, 2.75) is 26.0 Å². The van der Waals surface area contributed by atoms with Crippen LogP contribution in [0.2, 0.25) is 0 Å². The molecule has 1 atom stereocenters. The summed E-state index contributed by atoms with van der Waals surface area (Å²) >= 11 is 0. The predicted octanol–water partition coefficient (Wildman–Crippen LogP) is 1.83. The minimum Gasteiger partial charge on any atom is -0.491 e. The first-order valence-corrected chi connectivity index (χ1v) is 7.23. The Labute approximate surface area is 124 Å². The van der Waals surface area contributed by atoms with E-state index < -0.39 is 0 Å². The van der Waals surface area contributed by atoms with Gasteiger partial charge in [-0.2, -0.15) is 5.10 Å². The lowest BCUT2D eigenvalue weighted by atomic mass is 10.1. The predicted molar refractivity (Wildman–Crippen MR) is 78.3 cm³/mol. The second kappa shape index (κ2) is 6.13. The first-order chi connectivity index (χ1) is 10.3. The maximum Gasteiger partial charge on any atom is 0.164 e. The number of hydrogen-bond acceptors (Lipinski definition) is 5. The maximum atomic E-state index is 5.75. The van der Waals surface area contributed by atoms with Gasteiger partial charge in [0.2, 0.25) is 0 Å². The van der Waals surface area contributed by atoms with Crippen molar-refractivity contribution in [3.05, 3.63) is 35.9 Å². The molecule has 0 amide bonds. The van der Waals surface area contributed by atoms with Gasteiger partial charge in [-0.1, -0.05) is 6.92 Å². The van der Waals surface area contributed by atoms with Crippen LogP contribution in [0.15, 0.2) is 24.5 Å². The quantitative estimate of drug-likeness (QED) is 0.878. The highest BCUT2D eigenvalue weighted by molar-refractivity contribution is 5.45. The summed E-state index contributed by atoms with van der Waals surface area (Å²) in [5, 5.41) is 7.50. The Morgan fingerprint density at radius 1 is 1.48 bits per heavy atom. The number of benzene rings is 1. The van der Waals surface area contributed by atoms with Crippen LogP contribution in [0.25, 0.3) is 0 Å². The zero-order valence-corrected chi connectivity index (χ0v) is 12.4. The van der Waals surface area contributed by atoms with E-state index in [1.54, 1.807) is 4.68 Å². The first kappa shape index (κ1) is 13.9. The van der Waals surface area contributed by atoms with Gasteiger partial charge < -0.3 is 14.8 Å². The van der Waals surface area contributed by atoms with Gasteiger partial charge in [-0.15, -0.1) is 0 Å². The summed E-state index contributed by atoms with van der Waals surface area (Å²) in [6, 6.07) is 6.28. The average Bonchev–Trinajstić information content (AvgIpc) is 3.09. The Kier molecular flexibility index (Phi) is 4.06. The molecule has 2 aromatic rings. The maximum absolute atomic E-state index is 5.75. The molecule has 0 saturated heterocycles. The summed E-state index contributed by atoms with van der Waals surface area (Å²) in [6.07, 6.45) is 2.64.